The van der Waals surface area contributed by atoms with Crippen LogP contribution in [-0.4, -0.2) is 12.6 Å². The van der Waals surface area contributed by atoms with E-state index in [2.05, 4.69) is 17.6 Å². The van der Waals surface area contributed by atoms with Gasteiger partial charge in [-0.2, -0.15) is 13.2 Å². The lowest BCUT2D eigenvalue weighted by molar-refractivity contribution is -0.137. The van der Waals surface area contributed by atoms with Gasteiger partial charge in [0.15, 0.2) is 0 Å². The summed E-state index contributed by atoms with van der Waals surface area (Å²) in [5.74, 6) is 0. The Morgan fingerprint density at radius 3 is 2.50 bits per heavy atom. The normalized spacial score (nSPS) is 11.3. The first kappa shape index (κ1) is 18.4. The fraction of sp³-hybridized carbons (Fsp3) is 0.500. The van der Waals surface area contributed by atoms with Gasteiger partial charge < -0.3 is 16.4 Å². The van der Waals surface area contributed by atoms with Crippen molar-refractivity contribution in [3.8, 4) is 0 Å². The number of urea groups is 1. The number of anilines is 2. The number of hydrogen-bond acceptors (Lipinski definition) is 2. The Bertz CT molecular complexity index is 498. The molecule has 22 heavy (non-hydrogen) atoms. The molecule has 1 rings (SSSR count). The second kappa shape index (κ2) is 8.12. The SMILES string of the molecule is CCCCCCNC(=O)Nc1c(N)cc(C(F)(F)F)cc1Cl. The van der Waals surface area contributed by atoms with Crippen molar-refractivity contribution in [1.82, 2.24) is 5.32 Å². The number of nitrogen functional groups attached to an aromatic ring is 1. The van der Waals surface area contributed by atoms with Crippen LogP contribution in [0.3, 0.4) is 0 Å². The van der Waals surface area contributed by atoms with Crippen molar-refractivity contribution in [3.63, 3.8) is 0 Å². The number of nitrogens with one attached hydrogen (secondary N) is 2. The monoisotopic (exact) mass is 337 g/mol. The molecule has 8 heteroatoms. The highest BCUT2D eigenvalue weighted by molar-refractivity contribution is 6.34. The van der Waals surface area contributed by atoms with Crippen LogP contribution >= 0.6 is 11.6 Å². The minimum absolute atomic E-state index is 0.0271. The van der Waals surface area contributed by atoms with Crippen LogP contribution in [0, 0.1) is 0 Å². The van der Waals surface area contributed by atoms with Gasteiger partial charge in [0.2, 0.25) is 0 Å². The number of carbonyl (C=O) groups is 1. The van der Waals surface area contributed by atoms with Gasteiger partial charge in [-0.15, -0.1) is 0 Å². The van der Waals surface area contributed by atoms with E-state index in [1.807, 2.05) is 0 Å². The number of amides is 2. The fourth-order valence-corrected chi connectivity index (χ4v) is 2.11. The number of halogens is 4. The number of benzene rings is 1. The van der Waals surface area contributed by atoms with E-state index in [1.165, 1.54) is 0 Å². The van der Waals surface area contributed by atoms with Crippen LogP contribution in [0.1, 0.15) is 38.2 Å². The molecule has 0 atom stereocenters. The lowest BCUT2D eigenvalue weighted by Crippen LogP contribution is -2.30. The lowest BCUT2D eigenvalue weighted by atomic mass is 10.1. The van der Waals surface area contributed by atoms with Crippen LogP contribution in [0.15, 0.2) is 12.1 Å². The number of nitrogens with two attached hydrogens (primary N) is 1. The fourth-order valence-electron chi connectivity index (χ4n) is 1.83. The summed E-state index contributed by atoms with van der Waals surface area (Å²) in [7, 11) is 0. The number of unbranched alkanes of at least 4 members (excludes halogenated alkanes) is 3. The molecule has 0 radical (unpaired) electrons. The van der Waals surface area contributed by atoms with E-state index in [0.29, 0.717) is 6.54 Å². The molecule has 0 aromatic heterocycles. The maximum absolute atomic E-state index is 12.6. The quantitative estimate of drug-likeness (QED) is 0.522. The second-order valence-electron chi connectivity index (χ2n) is 4.86. The summed E-state index contributed by atoms with van der Waals surface area (Å²) in [5, 5.41) is 4.72. The van der Waals surface area contributed by atoms with Crippen LogP contribution in [0.25, 0.3) is 0 Å². The molecule has 0 aliphatic heterocycles. The summed E-state index contributed by atoms with van der Waals surface area (Å²) < 4.78 is 37.8. The summed E-state index contributed by atoms with van der Waals surface area (Å²) >= 11 is 5.76. The molecule has 1 aromatic rings. The van der Waals surface area contributed by atoms with Crippen molar-refractivity contribution in [1.29, 1.82) is 0 Å². The molecule has 0 fully saturated rings. The Labute approximate surface area is 132 Å². The second-order valence-corrected chi connectivity index (χ2v) is 5.27. The first-order chi connectivity index (χ1) is 10.3. The van der Waals surface area contributed by atoms with Crippen LogP contribution in [-0.2, 0) is 6.18 Å². The van der Waals surface area contributed by atoms with Crippen LogP contribution in [0.4, 0.5) is 29.3 Å². The first-order valence-electron chi connectivity index (χ1n) is 6.96. The minimum Gasteiger partial charge on any atom is -0.397 e. The van der Waals surface area contributed by atoms with Crippen LogP contribution < -0.4 is 16.4 Å². The summed E-state index contributed by atoms with van der Waals surface area (Å²) in [4.78, 5) is 11.7. The molecule has 0 saturated heterocycles. The van der Waals surface area contributed by atoms with E-state index < -0.39 is 17.8 Å². The largest absolute Gasteiger partial charge is 0.416 e. The Kier molecular flexibility index (Phi) is 6.80. The van der Waals surface area contributed by atoms with Crippen molar-refractivity contribution in [2.24, 2.45) is 0 Å². The van der Waals surface area contributed by atoms with Gasteiger partial charge in [0.05, 0.1) is 22.0 Å². The van der Waals surface area contributed by atoms with Crippen LogP contribution in [0.5, 0.6) is 0 Å². The van der Waals surface area contributed by atoms with Crippen molar-refractivity contribution in [2.45, 2.75) is 38.8 Å². The molecule has 0 spiro atoms. The summed E-state index contributed by atoms with van der Waals surface area (Å²) in [6, 6.07) is 0.919. The molecule has 0 aliphatic rings. The zero-order valence-corrected chi connectivity index (χ0v) is 12.9. The van der Waals surface area contributed by atoms with E-state index >= 15 is 0 Å². The Morgan fingerprint density at radius 2 is 1.95 bits per heavy atom. The molecule has 0 bridgehead atoms. The molecule has 124 valence electrons. The smallest absolute Gasteiger partial charge is 0.397 e. The summed E-state index contributed by atoms with van der Waals surface area (Å²) in [5.41, 5.74) is 4.31. The van der Waals surface area contributed by atoms with Gasteiger partial charge in [-0.1, -0.05) is 37.8 Å². The Hall–Kier alpha value is -1.63. The zero-order valence-electron chi connectivity index (χ0n) is 12.2. The molecule has 0 unspecified atom stereocenters. The highest BCUT2D eigenvalue weighted by atomic mass is 35.5. The van der Waals surface area contributed by atoms with Crippen LogP contribution in [0.2, 0.25) is 5.02 Å². The van der Waals surface area contributed by atoms with Gasteiger partial charge in [0.25, 0.3) is 0 Å². The third kappa shape index (κ3) is 5.63. The molecule has 4 nitrogen and oxygen atoms in total. The van der Waals surface area contributed by atoms with Gasteiger partial charge in [0.1, 0.15) is 0 Å². The molecular weight excluding hydrogens is 319 g/mol. The maximum Gasteiger partial charge on any atom is 0.416 e. The molecule has 1 aromatic carbocycles. The average molecular weight is 338 g/mol. The standard InChI is InChI=1S/C14H19ClF3N3O/c1-2-3-4-5-6-20-13(22)21-12-10(15)7-9(8-11(12)19)14(16,17)18/h7-8H,2-6,19H2,1H3,(H2,20,21,22). The van der Waals surface area contributed by atoms with E-state index in [1.54, 1.807) is 0 Å². The lowest BCUT2D eigenvalue weighted by Gasteiger charge is -2.14. The third-order valence-electron chi connectivity index (χ3n) is 3.00. The van der Waals surface area contributed by atoms with E-state index in [9.17, 15) is 18.0 Å². The topological polar surface area (TPSA) is 67.2 Å². The molecule has 4 N–H and O–H groups in total. The number of carbonyl (C=O) groups excluding carboxylic acids is 1. The number of hydrogen-bond donors (Lipinski definition) is 3. The Balaban J connectivity index is 2.64. The van der Waals surface area contributed by atoms with Gasteiger partial charge in [-0.05, 0) is 18.6 Å². The molecule has 0 saturated carbocycles. The van der Waals surface area contributed by atoms with Crippen molar-refractivity contribution in [2.75, 3.05) is 17.6 Å². The van der Waals surface area contributed by atoms with Gasteiger partial charge in [-0.25, -0.2) is 4.79 Å². The molecule has 2 amide bonds. The highest BCUT2D eigenvalue weighted by Gasteiger charge is 2.32. The van der Waals surface area contributed by atoms with Gasteiger partial charge >= 0.3 is 12.2 Å². The number of alkyl halides is 3. The number of rotatable bonds is 6. The molecule has 0 heterocycles. The van der Waals surface area contributed by atoms with E-state index in [0.717, 1.165) is 37.8 Å². The minimum atomic E-state index is -4.54. The van der Waals surface area contributed by atoms with E-state index in [-0.39, 0.29) is 16.4 Å². The predicted molar refractivity (Wildman–Crippen MR) is 82.0 cm³/mol. The first-order valence-corrected chi connectivity index (χ1v) is 7.34. The van der Waals surface area contributed by atoms with Crippen molar-refractivity contribution < 1.29 is 18.0 Å². The van der Waals surface area contributed by atoms with Crippen molar-refractivity contribution in [3.05, 3.63) is 22.7 Å². The van der Waals surface area contributed by atoms with Gasteiger partial charge in [0, 0.05) is 6.54 Å². The van der Waals surface area contributed by atoms with Gasteiger partial charge in [-0.3, -0.25) is 0 Å². The molecule has 0 aliphatic carbocycles. The zero-order chi connectivity index (χ0) is 16.8. The predicted octanol–water partition coefficient (Wildman–Crippen LogP) is 4.64. The van der Waals surface area contributed by atoms with E-state index in [4.69, 9.17) is 17.3 Å². The maximum atomic E-state index is 12.6. The summed E-state index contributed by atoms with van der Waals surface area (Å²) in [6.07, 6.45) is -0.542. The summed E-state index contributed by atoms with van der Waals surface area (Å²) in [6.45, 7) is 2.56. The van der Waals surface area contributed by atoms with Crippen molar-refractivity contribution >= 4 is 29.0 Å². The third-order valence-corrected chi connectivity index (χ3v) is 3.30. The average Bonchev–Trinajstić information content (AvgIpc) is 2.41. The molecular formula is C14H19ClF3N3O. The highest BCUT2D eigenvalue weighted by Crippen LogP contribution is 2.37. The Morgan fingerprint density at radius 1 is 1.27 bits per heavy atom.